The summed E-state index contributed by atoms with van der Waals surface area (Å²) in [5, 5.41) is 15.1. The third-order valence-corrected chi connectivity index (χ3v) is 4.46. The van der Waals surface area contributed by atoms with Gasteiger partial charge in [-0.2, -0.15) is 11.8 Å². The lowest BCUT2D eigenvalue weighted by molar-refractivity contribution is -0.139. The Bertz CT molecular complexity index is 323. The van der Waals surface area contributed by atoms with Crippen LogP contribution in [0.3, 0.4) is 0 Å². The zero-order valence-electron chi connectivity index (χ0n) is 11.8. The number of hydrogen-bond donors (Lipinski definition) is 3. The minimum Gasteiger partial charge on any atom is -0.480 e. The number of carbonyl (C=O) groups is 2. The third kappa shape index (κ3) is 5.72. The number of carboxylic acids is 1. The van der Waals surface area contributed by atoms with Gasteiger partial charge < -0.3 is 15.7 Å². The Morgan fingerprint density at radius 3 is 2.53 bits per heavy atom. The fourth-order valence-corrected chi connectivity index (χ4v) is 3.16. The Hall–Kier alpha value is -0.910. The SMILES string of the molecule is CSC1CCC(NC(=O)NC(CC(C)C)C(=O)O)C1. The zero-order chi connectivity index (χ0) is 14.4. The van der Waals surface area contributed by atoms with Crippen molar-refractivity contribution in [2.45, 2.75) is 56.9 Å². The smallest absolute Gasteiger partial charge is 0.326 e. The molecule has 0 heterocycles. The van der Waals surface area contributed by atoms with E-state index in [9.17, 15) is 9.59 Å². The maximum atomic E-state index is 11.8. The summed E-state index contributed by atoms with van der Waals surface area (Å²) in [6.07, 6.45) is 5.58. The van der Waals surface area contributed by atoms with Crippen LogP contribution in [0.1, 0.15) is 39.5 Å². The van der Waals surface area contributed by atoms with Gasteiger partial charge in [-0.3, -0.25) is 0 Å². The maximum absolute atomic E-state index is 11.8. The van der Waals surface area contributed by atoms with Crippen molar-refractivity contribution < 1.29 is 14.7 Å². The topological polar surface area (TPSA) is 78.4 Å². The maximum Gasteiger partial charge on any atom is 0.326 e. The van der Waals surface area contributed by atoms with Gasteiger partial charge in [0.05, 0.1) is 0 Å². The molecule has 1 rings (SSSR count). The van der Waals surface area contributed by atoms with Crippen LogP contribution in [0.4, 0.5) is 4.79 Å². The summed E-state index contributed by atoms with van der Waals surface area (Å²) in [7, 11) is 0. The van der Waals surface area contributed by atoms with Gasteiger partial charge in [0.15, 0.2) is 0 Å². The van der Waals surface area contributed by atoms with Gasteiger partial charge in [0.1, 0.15) is 6.04 Å². The van der Waals surface area contributed by atoms with Crippen LogP contribution in [0.25, 0.3) is 0 Å². The van der Waals surface area contributed by atoms with E-state index in [0.29, 0.717) is 11.7 Å². The summed E-state index contributed by atoms with van der Waals surface area (Å²) < 4.78 is 0. The first-order chi connectivity index (χ1) is 8.92. The van der Waals surface area contributed by atoms with Crippen molar-refractivity contribution >= 4 is 23.8 Å². The molecule has 0 saturated heterocycles. The molecule has 0 aromatic rings. The van der Waals surface area contributed by atoms with Crippen molar-refractivity contribution in [2.75, 3.05) is 6.26 Å². The molecular formula is C13H24N2O3S. The second kappa shape index (κ2) is 7.62. The quantitative estimate of drug-likeness (QED) is 0.699. The predicted molar refractivity (Wildman–Crippen MR) is 77.5 cm³/mol. The molecule has 3 atom stereocenters. The molecule has 0 aliphatic heterocycles. The highest BCUT2D eigenvalue weighted by Crippen LogP contribution is 2.27. The molecule has 1 fully saturated rings. The molecule has 1 aliphatic rings. The molecule has 1 aliphatic carbocycles. The van der Waals surface area contributed by atoms with E-state index in [-0.39, 0.29) is 18.0 Å². The van der Waals surface area contributed by atoms with Crippen molar-refractivity contribution in [1.82, 2.24) is 10.6 Å². The molecule has 3 unspecified atom stereocenters. The third-order valence-electron chi connectivity index (χ3n) is 3.36. The largest absolute Gasteiger partial charge is 0.480 e. The molecule has 19 heavy (non-hydrogen) atoms. The van der Waals surface area contributed by atoms with Crippen molar-refractivity contribution in [3.63, 3.8) is 0 Å². The lowest BCUT2D eigenvalue weighted by Crippen LogP contribution is -2.49. The lowest BCUT2D eigenvalue weighted by Gasteiger charge is -2.19. The minimum atomic E-state index is -0.975. The number of aliphatic carboxylic acids is 1. The molecule has 3 N–H and O–H groups in total. The average Bonchev–Trinajstić information content (AvgIpc) is 2.75. The number of rotatable bonds is 6. The van der Waals surface area contributed by atoms with Crippen molar-refractivity contribution in [3.05, 3.63) is 0 Å². The molecule has 5 nitrogen and oxygen atoms in total. The van der Waals surface area contributed by atoms with E-state index in [1.165, 1.54) is 0 Å². The van der Waals surface area contributed by atoms with Gasteiger partial charge in [-0.25, -0.2) is 9.59 Å². The summed E-state index contributed by atoms with van der Waals surface area (Å²) >= 11 is 1.82. The number of nitrogens with one attached hydrogen (secondary N) is 2. The van der Waals surface area contributed by atoms with Gasteiger partial charge in [-0.15, -0.1) is 0 Å². The highest BCUT2D eigenvalue weighted by atomic mass is 32.2. The standard InChI is InChI=1S/C13H24N2O3S/c1-8(2)6-11(12(16)17)15-13(18)14-9-4-5-10(7-9)19-3/h8-11H,4-7H2,1-3H3,(H,16,17)(H2,14,15,18). The number of thioether (sulfide) groups is 1. The summed E-state index contributed by atoms with van der Waals surface area (Å²) in [5.74, 6) is -0.744. The Morgan fingerprint density at radius 1 is 1.37 bits per heavy atom. The van der Waals surface area contributed by atoms with Crippen LogP contribution in [0, 0.1) is 5.92 Å². The zero-order valence-corrected chi connectivity index (χ0v) is 12.6. The van der Waals surface area contributed by atoms with E-state index in [4.69, 9.17) is 5.11 Å². The van der Waals surface area contributed by atoms with E-state index in [1.807, 2.05) is 25.6 Å². The Kier molecular flexibility index (Phi) is 6.48. The van der Waals surface area contributed by atoms with Crippen LogP contribution in [-0.2, 0) is 4.79 Å². The van der Waals surface area contributed by atoms with E-state index >= 15 is 0 Å². The second-order valence-corrected chi connectivity index (χ2v) is 6.64. The summed E-state index contributed by atoms with van der Waals surface area (Å²) in [6, 6.07) is -0.997. The molecule has 110 valence electrons. The highest BCUT2D eigenvalue weighted by Gasteiger charge is 2.27. The van der Waals surface area contributed by atoms with Gasteiger partial charge in [0.2, 0.25) is 0 Å². The molecule has 6 heteroatoms. The minimum absolute atomic E-state index is 0.172. The molecule has 1 saturated carbocycles. The Morgan fingerprint density at radius 2 is 2.05 bits per heavy atom. The molecule has 0 radical (unpaired) electrons. The van der Waals surface area contributed by atoms with Crippen LogP contribution in [0.5, 0.6) is 0 Å². The van der Waals surface area contributed by atoms with E-state index in [1.54, 1.807) is 0 Å². The molecule has 2 amide bonds. The Balaban J connectivity index is 2.38. The van der Waals surface area contributed by atoms with Crippen molar-refractivity contribution in [3.8, 4) is 0 Å². The second-order valence-electron chi connectivity index (χ2n) is 5.51. The van der Waals surface area contributed by atoms with Crippen LogP contribution < -0.4 is 10.6 Å². The molecule has 0 spiro atoms. The van der Waals surface area contributed by atoms with Crippen LogP contribution >= 0.6 is 11.8 Å². The number of carbonyl (C=O) groups excluding carboxylic acids is 1. The predicted octanol–water partition coefficient (Wildman–Crippen LogP) is 2.07. The van der Waals surface area contributed by atoms with E-state index < -0.39 is 12.0 Å². The first-order valence-corrected chi connectivity index (χ1v) is 8.03. The van der Waals surface area contributed by atoms with Crippen LogP contribution in [0.15, 0.2) is 0 Å². The number of amides is 2. The molecule has 0 aromatic carbocycles. The van der Waals surface area contributed by atoms with Crippen molar-refractivity contribution in [2.24, 2.45) is 5.92 Å². The lowest BCUT2D eigenvalue weighted by atomic mass is 10.0. The summed E-state index contributed by atoms with van der Waals surface area (Å²) in [5.41, 5.74) is 0. The number of urea groups is 1. The molecule has 0 aromatic heterocycles. The van der Waals surface area contributed by atoms with Gasteiger partial charge in [-0.1, -0.05) is 13.8 Å². The fraction of sp³-hybridized carbons (Fsp3) is 0.846. The summed E-state index contributed by atoms with van der Waals surface area (Å²) in [6.45, 7) is 3.88. The Labute approximate surface area is 118 Å². The van der Waals surface area contributed by atoms with Gasteiger partial charge in [0.25, 0.3) is 0 Å². The number of carboxylic acid groups (broad SMARTS) is 1. The van der Waals surface area contributed by atoms with Gasteiger partial charge >= 0.3 is 12.0 Å². The van der Waals surface area contributed by atoms with Gasteiger partial charge in [-0.05, 0) is 37.9 Å². The normalized spacial score (nSPS) is 24.2. The fourth-order valence-electron chi connectivity index (χ4n) is 2.36. The number of hydrogen-bond acceptors (Lipinski definition) is 3. The highest BCUT2D eigenvalue weighted by molar-refractivity contribution is 7.99. The van der Waals surface area contributed by atoms with Crippen LogP contribution in [0.2, 0.25) is 0 Å². The first kappa shape index (κ1) is 16.1. The van der Waals surface area contributed by atoms with Gasteiger partial charge in [0, 0.05) is 11.3 Å². The monoisotopic (exact) mass is 288 g/mol. The summed E-state index contributed by atoms with van der Waals surface area (Å²) in [4.78, 5) is 22.9. The van der Waals surface area contributed by atoms with Crippen LogP contribution in [-0.4, -0.2) is 40.7 Å². The van der Waals surface area contributed by atoms with Crippen molar-refractivity contribution in [1.29, 1.82) is 0 Å². The molecular weight excluding hydrogens is 264 g/mol. The van der Waals surface area contributed by atoms with E-state index in [2.05, 4.69) is 16.9 Å². The average molecular weight is 288 g/mol. The van der Waals surface area contributed by atoms with E-state index in [0.717, 1.165) is 19.3 Å². The molecule has 0 bridgehead atoms. The first-order valence-electron chi connectivity index (χ1n) is 6.75.